The molecule has 3 heterocycles. The van der Waals surface area contributed by atoms with E-state index in [0.717, 1.165) is 0 Å². The monoisotopic (exact) mass is 428 g/mol. The minimum absolute atomic E-state index is 0.0876. The third kappa shape index (κ3) is 5.60. The van der Waals surface area contributed by atoms with Gasteiger partial charge in [0.2, 0.25) is 5.95 Å². The van der Waals surface area contributed by atoms with E-state index in [4.69, 9.17) is 4.74 Å². The molecular weight excluding hydrogens is 404 g/mol. The van der Waals surface area contributed by atoms with Crippen LogP contribution in [-0.4, -0.2) is 89.4 Å². The van der Waals surface area contributed by atoms with Gasteiger partial charge in [-0.3, -0.25) is 14.6 Å². The Morgan fingerprint density at radius 1 is 1.23 bits per heavy atom. The zero-order chi connectivity index (χ0) is 22.2. The van der Waals surface area contributed by atoms with Crippen LogP contribution in [0.15, 0.2) is 30.0 Å². The summed E-state index contributed by atoms with van der Waals surface area (Å²) < 4.78 is 5.01. The maximum Gasteiger partial charge on any atom is 0.272 e. The highest BCUT2D eigenvalue weighted by Gasteiger charge is 2.32. The predicted octanol–water partition coefficient (Wildman–Crippen LogP) is -0.786. The summed E-state index contributed by atoms with van der Waals surface area (Å²) in [6.45, 7) is 1.28. The van der Waals surface area contributed by atoms with Crippen LogP contribution in [0.1, 0.15) is 10.5 Å². The van der Waals surface area contributed by atoms with Gasteiger partial charge in [-0.2, -0.15) is 5.10 Å². The van der Waals surface area contributed by atoms with Crippen LogP contribution in [0.4, 0.5) is 17.3 Å². The van der Waals surface area contributed by atoms with E-state index in [2.05, 4.69) is 46.3 Å². The van der Waals surface area contributed by atoms with Gasteiger partial charge in [-0.25, -0.2) is 19.9 Å². The third-order valence-corrected chi connectivity index (χ3v) is 4.25. The molecule has 1 unspecified atom stereocenters. The number of hydrogen-bond acceptors (Lipinski definition) is 11. The van der Waals surface area contributed by atoms with Gasteiger partial charge >= 0.3 is 0 Å². The second-order valence-electron chi connectivity index (χ2n) is 6.56. The number of methoxy groups -OCH3 is 1. The van der Waals surface area contributed by atoms with E-state index in [1.807, 2.05) is 0 Å². The van der Waals surface area contributed by atoms with Crippen molar-refractivity contribution >= 4 is 34.8 Å². The van der Waals surface area contributed by atoms with Gasteiger partial charge in [-0.15, -0.1) is 0 Å². The van der Waals surface area contributed by atoms with E-state index in [9.17, 15) is 9.59 Å². The molecule has 2 amide bonds. The van der Waals surface area contributed by atoms with Crippen molar-refractivity contribution in [3.63, 3.8) is 0 Å². The van der Waals surface area contributed by atoms with Crippen LogP contribution in [0.3, 0.4) is 0 Å². The van der Waals surface area contributed by atoms with Crippen molar-refractivity contribution in [3.8, 4) is 0 Å². The van der Waals surface area contributed by atoms with Crippen LogP contribution >= 0.6 is 0 Å². The number of ether oxygens (including phenoxy) is 1. The lowest BCUT2D eigenvalue weighted by molar-refractivity contribution is -0.114. The minimum atomic E-state index is -0.592. The number of carbonyl (C=O) groups is 2. The molecule has 0 aromatic carbocycles. The van der Waals surface area contributed by atoms with Gasteiger partial charge < -0.3 is 26.0 Å². The largest absolute Gasteiger partial charge is 0.383 e. The van der Waals surface area contributed by atoms with Gasteiger partial charge in [-0.05, 0) is 0 Å². The summed E-state index contributed by atoms with van der Waals surface area (Å²) in [7, 11) is 4.81. The number of hydrazone groups is 1. The second kappa shape index (κ2) is 10.2. The van der Waals surface area contributed by atoms with Crippen molar-refractivity contribution < 1.29 is 14.3 Å². The smallest absolute Gasteiger partial charge is 0.272 e. The Labute approximate surface area is 178 Å². The van der Waals surface area contributed by atoms with Gasteiger partial charge in [0, 0.05) is 27.7 Å². The maximum absolute atomic E-state index is 13.1. The van der Waals surface area contributed by atoms with Gasteiger partial charge in [0.05, 0.1) is 49.2 Å². The topological polar surface area (TPSA) is 159 Å². The summed E-state index contributed by atoms with van der Waals surface area (Å²) in [4.78, 5) is 41.7. The second-order valence-corrected chi connectivity index (χ2v) is 6.56. The van der Waals surface area contributed by atoms with Gasteiger partial charge in [0.25, 0.3) is 11.8 Å². The van der Waals surface area contributed by atoms with Gasteiger partial charge in [0.15, 0.2) is 5.69 Å². The SMILES string of the molecule is CNC(=O)C1=NN(C)CC1NC(=O)c1nc(NCCOC)ncc1Nc1cncnc1. The molecule has 13 nitrogen and oxygen atoms in total. The molecule has 0 bridgehead atoms. The van der Waals surface area contributed by atoms with Gasteiger partial charge in [-0.1, -0.05) is 0 Å². The molecule has 0 spiro atoms. The summed E-state index contributed by atoms with van der Waals surface area (Å²) in [5, 5.41) is 17.2. The van der Waals surface area contributed by atoms with Crippen LogP contribution in [0.2, 0.25) is 0 Å². The van der Waals surface area contributed by atoms with Crippen LogP contribution < -0.4 is 21.3 Å². The number of anilines is 3. The molecule has 3 rings (SSSR count). The first-order valence-corrected chi connectivity index (χ1v) is 9.46. The molecule has 0 radical (unpaired) electrons. The van der Waals surface area contributed by atoms with Crippen molar-refractivity contribution in [2.24, 2.45) is 5.10 Å². The van der Waals surface area contributed by atoms with Crippen molar-refractivity contribution in [3.05, 3.63) is 30.6 Å². The number of nitrogens with one attached hydrogen (secondary N) is 4. The molecule has 4 N–H and O–H groups in total. The molecule has 1 aliphatic rings. The molecule has 2 aromatic rings. The first kappa shape index (κ1) is 21.8. The third-order valence-electron chi connectivity index (χ3n) is 4.25. The number of hydrogen-bond donors (Lipinski definition) is 4. The summed E-state index contributed by atoms with van der Waals surface area (Å²) >= 11 is 0. The number of amides is 2. The summed E-state index contributed by atoms with van der Waals surface area (Å²) in [6, 6.07) is -0.592. The van der Waals surface area contributed by atoms with E-state index in [-0.39, 0.29) is 23.3 Å². The Kier molecular flexibility index (Phi) is 7.22. The van der Waals surface area contributed by atoms with E-state index in [0.29, 0.717) is 31.1 Å². The maximum atomic E-state index is 13.1. The fourth-order valence-corrected chi connectivity index (χ4v) is 2.83. The normalized spacial score (nSPS) is 15.3. The lowest BCUT2D eigenvalue weighted by atomic mass is 10.1. The Morgan fingerprint density at radius 2 is 2.00 bits per heavy atom. The average Bonchev–Trinajstić information content (AvgIpc) is 3.14. The summed E-state index contributed by atoms with van der Waals surface area (Å²) in [5.74, 6) is -0.590. The lowest BCUT2D eigenvalue weighted by Crippen LogP contribution is -2.47. The minimum Gasteiger partial charge on any atom is -0.383 e. The Morgan fingerprint density at radius 3 is 2.71 bits per heavy atom. The quantitative estimate of drug-likeness (QED) is 0.373. The zero-order valence-corrected chi connectivity index (χ0v) is 17.4. The Bertz CT molecular complexity index is 953. The van der Waals surface area contributed by atoms with E-state index >= 15 is 0 Å². The molecule has 2 aromatic heterocycles. The van der Waals surface area contributed by atoms with E-state index < -0.39 is 11.9 Å². The molecule has 31 heavy (non-hydrogen) atoms. The van der Waals surface area contributed by atoms with Crippen molar-refractivity contribution in [1.82, 2.24) is 35.6 Å². The fraction of sp³-hybridized carbons (Fsp3) is 0.389. The molecule has 13 heteroatoms. The summed E-state index contributed by atoms with van der Waals surface area (Å²) in [6.07, 6.45) is 6.00. The molecule has 164 valence electrons. The van der Waals surface area contributed by atoms with Gasteiger partial charge in [0.1, 0.15) is 12.0 Å². The highest BCUT2D eigenvalue weighted by Crippen LogP contribution is 2.19. The number of likely N-dealkylation sites (N-methyl/N-ethyl adjacent to an activating group) is 1. The van der Waals surface area contributed by atoms with Crippen LogP contribution in [-0.2, 0) is 9.53 Å². The first-order chi connectivity index (χ1) is 15.0. The Hall–Kier alpha value is -3.87. The number of rotatable bonds is 9. The standard InChI is InChI=1S/C18H24N10O3/c1-19-16(29)15-13(9-28(2)27-15)25-17(30)14-12(24-11-6-20-10-21-7-11)8-23-18(26-14)22-4-5-31-3/h6-8,10,13,24H,4-5,9H2,1-3H3,(H,19,29)(H,25,30)(H,22,23,26). The van der Waals surface area contributed by atoms with Crippen molar-refractivity contribution in [2.75, 3.05) is 51.5 Å². The van der Waals surface area contributed by atoms with E-state index in [1.54, 1.807) is 31.6 Å². The average molecular weight is 428 g/mol. The van der Waals surface area contributed by atoms with E-state index in [1.165, 1.54) is 19.6 Å². The van der Waals surface area contributed by atoms with Crippen LogP contribution in [0.25, 0.3) is 0 Å². The number of nitrogens with zero attached hydrogens (tertiary/aromatic N) is 6. The molecule has 0 saturated heterocycles. The molecule has 0 fully saturated rings. The molecule has 1 atom stereocenters. The van der Waals surface area contributed by atoms with Crippen molar-refractivity contribution in [2.45, 2.75) is 6.04 Å². The predicted molar refractivity (Wildman–Crippen MR) is 113 cm³/mol. The summed E-state index contributed by atoms with van der Waals surface area (Å²) in [5.41, 5.74) is 1.23. The lowest BCUT2D eigenvalue weighted by Gasteiger charge is -2.17. The zero-order valence-electron chi connectivity index (χ0n) is 17.4. The van der Waals surface area contributed by atoms with Crippen molar-refractivity contribution in [1.29, 1.82) is 0 Å². The molecule has 0 aliphatic carbocycles. The number of aromatic nitrogens is 4. The molecular formula is C18H24N10O3. The molecule has 1 aliphatic heterocycles. The number of carbonyl (C=O) groups excluding carboxylic acids is 2. The highest BCUT2D eigenvalue weighted by molar-refractivity contribution is 6.41. The highest BCUT2D eigenvalue weighted by atomic mass is 16.5. The van der Waals surface area contributed by atoms with Crippen LogP contribution in [0, 0.1) is 0 Å². The fourth-order valence-electron chi connectivity index (χ4n) is 2.83. The molecule has 0 saturated carbocycles. The first-order valence-electron chi connectivity index (χ1n) is 9.46. The van der Waals surface area contributed by atoms with Crippen LogP contribution in [0.5, 0.6) is 0 Å². The Balaban J connectivity index is 1.85.